The molecule has 0 amide bonds. The maximum absolute atomic E-state index is 9.15. The van der Waals surface area contributed by atoms with Gasteiger partial charge in [0, 0.05) is 6.04 Å². The summed E-state index contributed by atoms with van der Waals surface area (Å²) in [4.78, 5) is 0. The lowest BCUT2D eigenvalue weighted by atomic mass is 9.98. The Morgan fingerprint density at radius 1 is 1.42 bits per heavy atom. The molecule has 0 bridgehead atoms. The molecule has 2 N–H and O–H groups in total. The predicted octanol–water partition coefficient (Wildman–Crippen LogP) is 1.85. The molecule has 1 aliphatic rings. The molecule has 0 saturated carbocycles. The van der Waals surface area contributed by atoms with Crippen LogP contribution in [0.15, 0.2) is 24.3 Å². The average molecular weight is 186 g/mol. The molecule has 66 valence electrons. The zero-order valence-corrected chi connectivity index (χ0v) is 7.47. The van der Waals surface area contributed by atoms with Crippen LogP contribution in [0, 0.1) is 0 Å². The number of halogens is 1. The van der Waals surface area contributed by atoms with Crippen LogP contribution in [-0.2, 0) is 0 Å². The van der Waals surface area contributed by atoms with Gasteiger partial charge in [-0.2, -0.15) is 0 Å². The standard InChI is InChI=1S/C9H11NO.ClH/c11-8-3-1-2-7(6-8)9-4-5-10-9;/h1-3,6,9-11H,4-5H2;1H/t9-;/m0./s1. The third-order valence-corrected chi connectivity index (χ3v) is 2.10. The molecule has 2 rings (SSSR count). The summed E-state index contributed by atoms with van der Waals surface area (Å²) in [6.07, 6.45) is 1.18. The lowest BCUT2D eigenvalue weighted by Gasteiger charge is -2.27. The van der Waals surface area contributed by atoms with E-state index in [2.05, 4.69) is 5.32 Å². The van der Waals surface area contributed by atoms with Crippen LogP contribution < -0.4 is 5.32 Å². The Morgan fingerprint density at radius 2 is 2.17 bits per heavy atom. The van der Waals surface area contributed by atoms with Crippen molar-refractivity contribution in [3.63, 3.8) is 0 Å². The second-order valence-electron chi connectivity index (χ2n) is 2.89. The van der Waals surface area contributed by atoms with Crippen LogP contribution in [0.3, 0.4) is 0 Å². The number of hydrogen-bond acceptors (Lipinski definition) is 2. The number of phenols is 1. The molecule has 0 aliphatic carbocycles. The first kappa shape index (κ1) is 9.36. The molecule has 3 heteroatoms. The molecule has 1 aliphatic heterocycles. The molecular weight excluding hydrogens is 174 g/mol. The smallest absolute Gasteiger partial charge is 0.115 e. The summed E-state index contributed by atoms with van der Waals surface area (Å²) in [6.45, 7) is 1.10. The first-order chi connectivity index (χ1) is 5.36. The molecule has 1 heterocycles. The van der Waals surface area contributed by atoms with E-state index in [-0.39, 0.29) is 12.4 Å². The summed E-state index contributed by atoms with van der Waals surface area (Å²) < 4.78 is 0. The van der Waals surface area contributed by atoms with Crippen molar-refractivity contribution in [1.29, 1.82) is 0 Å². The fraction of sp³-hybridized carbons (Fsp3) is 0.333. The molecule has 1 aromatic carbocycles. The summed E-state index contributed by atoms with van der Waals surface area (Å²) in [5.41, 5.74) is 1.19. The number of aromatic hydroxyl groups is 1. The fourth-order valence-electron chi connectivity index (χ4n) is 1.31. The topological polar surface area (TPSA) is 32.3 Å². The maximum Gasteiger partial charge on any atom is 0.115 e. The summed E-state index contributed by atoms with van der Waals surface area (Å²) in [5, 5.41) is 12.4. The van der Waals surface area contributed by atoms with Crippen molar-refractivity contribution in [3.05, 3.63) is 29.8 Å². The van der Waals surface area contributed by atoms with Crippen molar-refractivity contribution >= 4 is 12.4 Å². The van der Waals surface area contributed by atoms with Gasteiger partial charge in [-0.25, -0.2) is 0 Å². The minimum atomic E-state index is 0. The lowest BCUT2D eigenvalue weighted by Crippen LogP contribution is -2.34. The quantitative estimate of drug-likeness (QED) is 0.700. The van der Waals surface area contributed by atoms with Gasteiger partial charge >= 0.3 is 0 Å². The second-order valence-corrected chi connectivity index (χ2v) is 2.89. The van der Waals surface area contributed by atoms with E-state index < -0.39 is 0 Å². The van der Waals surface area contributed by atoms with Gasteiger partial charge < -0.3 is 10.4 Å². The molecule has 1 aromatic rings. The third-order valence-electron chi connectivity index (χ3n) is 2.10. The molecule has 0 aromatic heterocycles. The number of phenolic OH excluding ortho intramolecular Hbond substituents is 1. The molecule has 1 fully saturated rings. The SMILES string of the molecule is Cl.Oc1cccc([C@@H]2CCN2)c1. The van der Waals surface area contributed by atoms with E-state index in [0.29, 0.717) is 11.8 Å². The molecule has 2 nitrogen and oxygen atoms in total. The summed E-state index contributed by atoms with van der Waals surface area (Å²) in [7, 11) is 0. The fourth-order valence-corrected chi connectivity index (χ4v) is 1.31. The van der Waals surface area contributed by atoms with Crippen molar-refractivity contribution in [2.24, 2.45) is 0 Å². The van der Waals surface area contributed by atoms with Crippen LogP contribution in [-0.4, -0.2) is 11.7 Å². The molecule has 1 saturated heterocycles. The van der Waals surface area contributed by atoms with Gasteiger partial charge in [0.25, 0.3) is 0 Å². The molecule has 0 radical (unpaired) electrons. The van der Waals surface area contributed by atoms with E-state index in [0.717, 1.165) is 6.54 Å². The lowest BCUT2D eigenvalue weighted by molar-refractivity contribution is 0.381. The molecule has 1 atom stereocenters. The van der Waals surface area contributed by atoms with Crippen LogP contribution in [0.4, 0.5) is 0 Å². The summed E-state index contributed by atoms with van der Waals surface area (Å²) in [5.74, 6) is 0.358. The minimum absolute atomic E-state index is 0. The number of nitrogens with one attached hydrogen (secondary N) is 1. The van der Waals surface area contributed by atoms with Gasteiger partial charge in [-0.15, -0.1) is 12.4 Å². The van der Waals surface area contributed by atoms with Gasteiger partial charge in [-0.3, -0.25) is 0 Å². The Balaban J connectivity index is 0.000000720. The highest BCUT2D eigenvalue weighted by molar-refractivity contribution is 5.85. The highest BCUT2D eigenvalue weighted by atomic mass is 35.5. The zero-order valence-electron chi connectivity index (χ0n) is 6.66. The van der Waals surface area contributed by atoms with E-state index in [1.54, 1.807) is 6.07 Å². The largest absolute Gasteiger partial charge is 0.508 e. The van der Waals surface area contributed by atoms with Crippen molar-refractivity contribution in [1.82, 2.24) is 5.32 Å². The third kappa shape index (κ3) is 1.71. The highest BCUT2D eigenvalue weighted by Crippen LogP contribution is 2.24. The second kappa shape index (κ2) is 3.78. The van der Waals surface area contributed by atoms with Crippen molar-refractivity contribution in [2.75, 3.05) is 6.54 Å². The Morgan fingerprint density at radius 3 is 2.67 bits per heavy atom. The zero-order chi connectivity index (χ0) is 7.68. The minimum Gasteiger partial charge on any atom is -0.508 e. The summed E-state index contributed by atoms with van der Waals surface area (Å²) >= 11 is 0. The molecular formula is C9H12ClNO. The molecule has 0 unspecified atom stereocenters. The average Bonchev–Trinajstić information content (AvgIpc) is 1.83. The van der Waals surface area contributed by atoms with Gasteiger partial charge in [0.05, 0.1) is 0 Å². The van der Waals surface area contributed by atoms with Crippen LogP contribution in [0.1, 0.15) is 18.0 Å². The molecule has 0 spiro atoms. The van der Waals surface area contributed by atoms with Gasteiger partial charge in [-0.05, 0) is 30.7 Å². The Labute approximate surface area is 78.0 Å². The first-order valence-corrected chi connectivity index (χ1v) is 3.88. The first-order valence-electron chi connectivity index (χ1n) is 3.88. The Kier molecular flexibility index (Phi) is 2.95. The van der Waals surface area contributed by atoms with Gasteiger partial charge in [0.15, 0.2) is 0 Å². The predicted molar refractivity (Wildman–Crippen MR) is 50.7 cm³/mol. The van der Waals surface area contributed by atoms with Crippen LogP contribution in [0.5, 0.6) is 5.75 Å². The van der Waals surface area contributed by atoms with Crippen molar-refractivity contribution in [2.45, 2.75) is 12.5 Å². The van der Waals surface area contributed by atoms with E-state index in [1.165, 1.54) is 12.0 Å². The van der Waals surface area contributed by atoms with Crippen LogP contribution >= 0.6 is 12.4 Å². The van der Waals surface area contributed by atoms with Gasteiger partial charge in [0.2, 0.25) is 0 Å². The number of hydrogen-bond donors (Lipinski definition) is 2. The number of benzene rings is 1. The van der Waals surface area contributed by atoms with Crippen LogP contribution in [0.25, 0.3) is 0 Å². The van der Waals surface area contributed by atoms with E-state index >= 15 is 0 Å². The van der Waals surface area contributed by atoms with Crippen LogP contribution in [0.2, 0.25) is 0 Å². The monoisotopic (exact) mass is 185 g/mol. The molecule has 12 heavy (non-hydrogen) atoms. The van der Waals surface area contributed by atoms with E-state index in [4.69, 9.17) is 5.11 Å². The normalized spacial score (nSPS) is 20.8. The Hall–Kier alpha value is -0.730. The van der Waals surface area contributed by atoms with Gasteiger partial charge in [0.1, 0.15) is 5.75 Å². The highest BCUT2D eigenvalue weighted by Gasteiger charge is 2.17. The van der Waals surface area contributed by atoms with Crippen molar-refractivity contribution in [3.8, 4) is 5.75 Å². The Bertz CT molecular complexity index is 260. The maximum atomic E-state index is 9.15. The summed E-state index contributed by atoms with van der Waals surface area (Å²) in [6, 6.07) is 7.90. The van der Waals surface area contributed by atoms with Gasteiger partial charge in [-0.1, -0.05) is 12.1 Å². The number of rotatable bonds is 1. The van der Waals surface area contributed by atoms with E-state index in [9.17, 15) is 0 Å². The van der Waals surface area contributed by atoms with E-state index in [1.807, 2.05) is 18.2 Å². The van der Waals surface area contributed by atoms with Crippen molar-refractivity contribution < 1.29 is 5.11 Å².